The summed E-state index contributed by atoms with van der Waals surface area (Å²) in [5.41, 5.74) is 0. The molecule has 1 N–H and O–H groups in total. The fourth-order valence-electron chi connectivity index (χ4n) is 2.01. The summed E-state index contributed by atoms with van der Waals surface area (Å²) in [7, 11) is 0. The van der Waals surface area contributed by atoms with E-state index < -0.39 is 5.97 Å². The molecular weight excluding hydrogens is 199 g/mol. The zero-order valence-corrected chi connectivity index (χ0v) is 9.15. The molecule has 1 atom stereocenters. The molecule has 1 rings (SSSR count). The zero-order chi connectivity index (χ0) is 11.3. The molecule has 0 aromatic heterocycles. The Labute approximate surface area is 89.7 Å². The van der Waals surface area contributed by atoms with Crippen LogP contribution in [-0.4, -0.2) is 66.3 Å². The summed E-state index contributed by atoms with van der Waals surface area (Å²) in [6.07, 6.45) is 0.623. The summed E-state index contributed by atoms with van der Waals surface area (Å²) in [6, 6.07) is -0.377. The third-order valence-electron chi connectivity index (χ3n) is 2.92. The van der Waals surface area contributed by atoms with Gasteiger partial charge in [0.1, 0.15) is 12.7 Å². The molecule has 0 saturated carbocycles. The smallest absolute Gasteiger partial charge is 0.320 e. The van der Waals surface area contributed by atoms with Crippen molar-refractivity contribution >= 4 is 5.97 Å². The molecule has 0 radical (unpaired) electrons. The van der Waals surface area contributed by atoms with Crippen LogP contribution < -0.4 is 0 Å². The van der Waals surface area contributed by atoms with Crippen LogP contribution in [0.15, 0.2) is 0 Å². The van der Waals surface area contributed by atoms with Crippen LogP contribution in [-0.2, 0) is 4.79 Å². The van der Waals surface area contributed by atoms with Crippen LogP contribution >= 0.6 is 0 Å². The maximum absolute atomic E-state index is 12.1. The van der Waals surface area contributed by atoms with E-state index in [-0.39, 0.29) is 12.7 Å². The first-order valence-corrected chi connectivity index (χ1v) is 5.44. The number of alkyl halides is 1. The van der Waals surface area contributed by atoms with Gasteiger partial charge in [-0.3, -0.25) is 14.6 Å². The average Bonchev–Trinajstić information content (AvgIpc) is 2.21. The fourth-order valence-corrected chi connectivity index (χ4v) is 2.01. The second-order valence-electron chi connectivity index (χ2n) is 3.83. The molecule has 0 spiro atoms. The van der Waals surface area contributed by atoms with Crippen molar-refractivity contribution in [2.24, 2.45) is 0 Å². The molecule has 1 heterocycles. The Morgan fingerprint density at radius 1 is 1.40 bits per heavy atom. The topological polar surface area (TPSA) is 43.8 Å². The van der Waals surface area contributed by atoms with E-state index in [0.717, 1.165) is 26.2 Å². The van der Waals surface area contributed by atoms with Crippen molar-refractivity contribution in [2.45, 2.75) is 19.4 Å². The van der Waals surface area contributed by atoms with Crippen LogP contribution in [0.5, 0.6) is 0 Å². The normalized spacial score (nSPS) is 21.5. The van der Waals surface area contributed by atoms with Gasteiger partial charge in [-0.2, -0.15) is 0 Å². The molecule has 0 amide bonds. The lowest BCUT2D eigenvalue weighted by Crippen LogP contribution is -2.52. The summed E-state index contributed by atoms with van der Waals surface area (Å²) in [5, 5.41) is 8.98. The average molecular weight is 218 g/mol. The summed E-state index contributed by atoms with van der Waals surface area (Å²) >= 11 is 0. The predicted octanol–water partition coefficient (Wildman–Crippen LogP) is 0.437. The van der Waals surface area contributed by atoms with E-state index in [4.69, 9.17) is 5.11 Å². The number of halogens is 1. The molecule has 1 aliphatic heterocycles. The Hall–Kier alpha value is -0.680. The third kappa shape index (κ3) is 3.43. The highest BCUT2D eigenvalue weighted by molar-refractivity contribution is 5.73. The van der Waals surface area contributed by atoms with Crippen LogP contribution in [0.1, 0.15) is 13.3 Å². The van der Waals surface area contributed by atoms with Crippen LogP contribution in [0.25, 0.3) is 0 Å². The van der Waals surface area contributed by atoms with Gasteiger partial charge in [-0.1, -0.05) is 6.92 Å². The number of aliphatic carboxylic acids is 1. The number of hydrogen-bond acceptors (Lipinski definition) is 3. The minimum atomic E-state index is -0.753. The molecule has 88 valence electrons. The van der Waals surface area contributed by atoms with Crippen molar-refractivity contribution in [2.75, 3.05) is 39.4 Å². The van der Waals surface area contributed by atoms with Gasteiger partial charge in [-0.15, -0.1) is 0 Å². The van der Waals surface area contributed by atoms with E-state index in [9.17, 15) is 9.18 Å². The van der Waals surface area contributed by atoms with Crippen molar-refractivity contribution in [1.29, 1.82) is 0 Å². The maximum atomic E-state index is 12.1. The minimum absolute atomic E-state index is 0.323. The fraction of sp³-hybridized carbons (Fsp3) is 0.900. The molecular formula is C10H19FN2O2. The molecule has 0 unspecified atom stereocenters. The lowest BCUT2D eigenvalue weighted by atomic mass is 10.1. The molecule has 4 nitrogen and oxygen atoms in total. The van der Waals surface area contributed by atoms with Crippen molar-refractivity contribution < 1.29 is 14.3 Å². The Morgan fingerprint density at radius 3 is 2.40 bits per heavy atom. The van der Waals surface area contributed by atoms with E-state index in [2.05, 4.69) is 0 Å². The van der Waals surface area contributed by atoms with E-state index in [1.807, 2.05) is 16.7 Å². The number of rotatable bonds is 5. The predicted molar refractivity (Wildman–Crippen MR) is 55.7 cm³/mol. The van der Waals surface area contributed by atoms with Gasteiger partial charge in [0.25, 0.3) is 0 Å². The number of carboxylic acids is 1. The van der Waals surface area contributed by atoms with Crippen molar-refractivity contribution in [1.82, 2.24) is 9.80 Å². The number of nitrogens with zero attached hydrogens (tertiary/aromatic N) is 2. The molecule has 0 bridgehead atoms. The minimum Gasteiger partial charge on any atom is -0.480 e. The summed E-state index contributed by atoms with van der Waals surface area (Å²) < 4.78 is 12.1. The maximum Gasteiger partial charge on any atom is 0.320 e. The lowest BCUT2D eigenvalue weighted by Gasteiger charge is -2.37. The molecule has 15 heavy (non-hydrogen) atoms. The Bertz CT molecular complexity index is 206. The first-order valence-electron chi connectivity index (χ1n) is 5.44. The largest absolute Gasteiger partial charge is 0.480 e. The lowest BCUT2D eigenvalue weighted by molar-refractivity contribution is -0.144. The SMILES string of the molecule is CC[C@H](C(=O)O)N1CCN(CCF)CC1. The second-order valence-corrected chi connectivity index (χ2v) is 3.83. The van der Waals surface area contributed by atoms with Crippen LogP contribution in [0.4, 0.5) is 4.39 Å². The number of carboxylic acid groups (broad SMARTS) is 1. The molecule has 5 heteroatoms. The van der Waals surface area contributed by atoms with Gasteiger partial charge in [0.2, 0.25) is 0 Å². The van der Waals surface area contributed by atoms with E-state index in [0.29, 0.717) is 13.0 Å². The molecule has 0 aliphatic carbocycles. The highest BCUT2D eigenvalue weighted by atomic mass is 19.1. The van der Waals surface area contributed by atoms with Gasteiger partial charge in [-0.05, 0) is 6.42 Å². The van der Waals surface area contributed by atoms with Gasteiger partial charge in [0.05, 0.1) is 0 Å². The summed E-state index contributed by atoms with van der Waals surface area (Å²) in [4.78, 5) is 14.9. The first-order chi connectivity index (χ1) is 7.19. The van der Waals surface area contributed by atoms with Crippen LogP contribution in [0.2, 0.25) is 0 Å². The first kappa shape index (κ1) is 12.4. The highest BCUT2D eigenvalue weighted by Gasteiger charge is 2.26. The van der Waals surface area contributed by atoms with Gasteiger partial charge in [-0.25, -0.2) is 4.39 Å². The Morgan fingerprint density at radius 2 is 2.00 bits per heavy atom. The Balaban J connectivity index is 2.38. The van der Waals surface area contributed by atoms with Crippen molar-refractivity contribution in [3.8, 4) is 0 Å². The van der Waals surface area contributed by atoms with Crippen molar-refractivity contribution in [3.05, 3.63) is 0 Å². The second kappa shape index (κ2) is 6.02. The van der Waals surface area contributed by atoms with E-state index >= 15 is 0 Å². The number of hydrogen-bond donors (Lipinski definition) is 1. The standard InChI is InChI=1S/C10H19FN2O2/c1-2-9(10(14)15)13-7-5-12(4-3-11)6-8-13/h9H,2-8H2,1H3,(H,14,15)/t9-/m1/s1. The van der Waals surface area contributed by atoms with Gasteiger partial charge in [0.15, 0.2) is 0 Å². The molecule has 1 aliphatic rings. The van der Waals surface area contributed by atoms with Crippen LogP contribution in [0, 0.1) is 0 Å². The zero-order valence-electron chi connectivity index (χ0n) is 9.15. The highest BCUT2D eigenvalue weighted by Crippen LogP contribution is 2.09. The van der Waals surface area contributed by atoms with Gasteiger partial charge >= 0.3 is 5.97 Å². The quantitative estimate of drug-likeness (QED) is 0.727. The van der Waals surface area contributed by atoms with E-state index in [1.54, 1.807) is 0 Å². The molecule has 1 saturated heterocycles. The molecule has 0 aromatic rings. The van der Waals surface area contributed by atoms with E-state index in [1.165, 1.54) is 0 Å². The molecule has 0 aromatic carbocycles. The van der Waals surface area contributed by atoms with Gasteiger partial charge < -0.3 is 5.11 Å². The number of piperazine rings is 1. The van der Waals surface area contributed by atoms with Crippen molar-refractivity contribution in [3.63, 3.8) is 0 Å². The third-order valence-corrected chi connectivity index (χ3v) is 2.92. The van der Waals surface area contributed by atoms with Gasteiger partial charge in [0, 0.05) is 32.7 Å². The monoisotopic (exact) mass is 218 g/mol. The summed E-state index contributed by atoms with van der Waals surface area (Å²) in [6.45, 7) is 5.03. The Kier molecular flexibility index (Phi) is 4.98. The number of carbonyl (C=O) groups is 1. The summed E-state index contributed by atoms with van der Waals surface area (Å²) in [5.74, 6) is -0.753. The molecule has 1 fully saturated rings. The van der Waals surface area contributed by atoms with Crippen LogP contribution in [0.3, 0.4) is 0 Å².